The maximum absolute atomic E-state index is 13.1. The molecule has 1 aromatic rings. The van der Waals surface area contributed by atoms with Crippen LogP contribution in [0.4, 0.5) is 0 Å². The third-order valence-corrected chi connectivity index (χ3v) is 9.42. The van der Waals surface area contributed by atoms with Crippen LogP contribution in [0.25, 0.3) is 0 Å². The van der Waals surface area contributed by atoms with Crippen LogP contribution in [0.2, 0.25) is 0 Å². The first-order valence-electron chi connectivity index (χ1n) is 9.99. The summed E-state index contributed by atoms with van der Waals surface area (Å²) in [5.41, 5.74) is 0. The Hall–Kier alpha value is -1.49. The Labute approximate surface area is 173 Å². The van der Waals surface area contributed by atoms with Crippen LogP contribution in [0, 0.1) is 0 Å². The van der Waals surface area contributed by atoms with Gasteiger partial charge >= 0.3 is 0 Å². The van der Waals surface area contributed by atoms with E-state index in [1.807, 2.05) is 0 Å². The van der Waals surface area contributed by atoms with E-state index in [-0.39, 0.29) is 28.3 Å². The van der Waals surface area contributed by atoms with Crippen molar-refractivity contribution in [3.05, 3.63) is 24.3 Å². The van der Waals surface area contributed by atoms with E-state index in [2.05, 4.69) is 5.32 Å². The Morgan fingerprint density at radius 1 is 0.931 bits per heavy atom. The monoisotopic (exact) mass is 443 g/mol. The SMILES string of the molecule is CN(C)S(=O)(=O)c1ccc(S(=O)(=O)N2CCC[C@@H]2C(=O)NC2CCCCC2)cc1. The molecule has 8 nitrogen and oxygen atoms in total. The summed E-state index contributed by atoms with van der Waals surface area (Å²) < 4.78 is 53.0. The Kier molecular flexibility index (Phi) is 6.67. The van der Waals surface area contributed by atoms with Gasteiger partial charge in [-0.15, -0.1) is 0 Å². The first kappa shape index (κ1) is 22.2. The van der Waals surface area contributed by atoms with E-state index in [4.69, 9.17) is 0 Å². The molecular formula is C19H29N3O5S2. The van der Waals surface area contributed by atoms with Gasteiger partial charge in [0.1, 0.15) is 6.04 Å². The van der Waals surface area contributed by atoms with Gasteiger partial charge in [0.05, 0.1) is 9.79 Å². The zero-order valence-electron chi connectivity index (χ0n) is 16.9. The van der Waals surface area contributed by atoms with Gasteiger partial charge in [-0.25, -0.2) is 21.1 Å². The number of amides is 1. The van der Waals surface area contributed by atoms with Crippen molar-refractivity contribution >= 4 is 26.0 Å². The normalized spacial score (nSPS) is 22.1. The van der Waals surface area contributed by atoms with Gasteiger partial charge in [0.15, 0.2) is 0 Å². The average Bonchev–Trinajstić information content (AvgIpc) is 3.20. The van der Waals surface area contributed by atoms with E-state index >= 15 is 0 Å². The quantitative estimate of drug-likeness (QED) is 0.718. The van der Waals surface area contributed by atoms with Gasteiger partial charge in [-0.2, -0.15) is 4.31 Å². The highest BCUT2D eigenvalue weighted by Crippen LogP contribution is 2.28. The maximum atomic E-state index is 13.1. The molecular weight excluding hydrogens is 414 g/mol. The second kappa shape index (κ2) is 8.71. The molecule has 1 aromatic carbocycles. The molecule has 0 unspecified atom stereocenters. The fraction of sp³-hybridized carbons (Fsp3) is 0.632. The third-order valence-electron chi connectivity index (χ3n) is 5.67. The van der Waals surface area contributed by atoms with Crippen LogP contribution in [-0.2, 0) is 24.8 Å². The second-order valence-electron chi connectivity index (χ2n) is 7.88. The van der Waals surface area contributed by atoms with Gasteiger partial charge in [0.2, 0.25) is 26.0 Å². The van der Waals surface area contributed by atoms with E-state index in [1.54, 1.807) is 0 Å². The smallest absolute Gasteiger partial charge is 0.243 e. The number of nitrogens with one attached hydrogen (secondary N) is 1. The maximum Gasteiger partial charge on any atom is 0.243 e. The van der Waals surface area contributed by atoms with Gasteiger partial charge in [0.25, 0.3) is 0 Å². The molecule has 1 saturated carbocycles. The number of hydrogen-bond donors (Lipinski definition) is 1. The molecule has 0 spiro atoms. The molecule has 1 aliphatic heterocycles. The summed E-state index contributed by atoms with van der Waals surface area (Å²) in [6.45, 7) is 0.281. The van der Waals surface area contributed by atoms with E-state index in [1.165, 1.54) is 49.1 Å². The average molecular weight is 444 g/mol. The lowest BCUT2D eigenvalue weighted by molar-refractivity contribution is -0.125. The van der Waals surface area contributed by atoms with Gasteiger partial charge in [-0.3, -0.25) is 4.79 Å². The highest BCUT2D eigenvalue weighted by Gasteiger charge is 2.40. The molecule has 3 rings (SSSR count). The summed E-state index contributed by atoms with van der Waals surface area (Å²) >= 11 is 0. The molecule has 1 aliphatic carbocycles. The molecule has 162 valence electrons. The molecule has 0 aromatic heterocycles. The standard InChI is InChI=1S/C19H29N3O5S2/c1-21(2)28(24,25)16-10-12-17(13-11-16)29(26,27)22-14-6-9-18(22)19(23)20-15-7-4-3-5-8-15/h10-13,15,18H,3-9,14H2,1-2H3,(H,20,23)/t18-/m1/s1. The topological polar surface area (TPSA) is 104 Å². The number of sulfonamides is 2. The zero-order chi connectivity index (χ0) is 21.2. The number of carbonyl (C=O) groups excluding carboxylic acids is 1. The van der Waals surface area contributed by atoms with Crippen molar-refractivity contribution in [2.75, 3.05) is 20.6 Å². The molecule has 1 saturated heterocycles. The zero-order valence-corrected chi connectivity index (χ0v) is 18.5. The lowest BCUT2D eigenvalue weighted by Crippen LogP contribution is -2.49. The Bertz CT molecular complexity index is 937. The van der Waals surface area contributed by atoms with Crippen LogP contribution in [-0.4, -0.2) is 64.1 Å². The molecule has 1 N–H and O–H groups in total. The van der Waals surface area contributed by atoms with E-state index < -0.39 is 26.1 Å². The van der Waals surface area contributed by atoms with Crippen molar-refractivity contribution < 1.29 is 21.6 Å². The summed E-state index contributed by atoms with van der Waals surface area (Å²) in [4.78, 5) is 12.8. The van der Waals surface area contributed by atoms with Crippen molar-refractivity contribution in [3.8, 4) is 0 Å². The summed E-state index contributed by atoms with van der Waals surface area (Å²) in [6.07, 6.45) is 6.33. The van der Waals surface area contributed by atoms with Crippen molar-refractivity contribution in [2.24, 2.45) is 0 Å². The lowest BCUT2D eigenvalue weighted by atomic mass is 9.95. The largest absolute Gasteiger partial charge is 0.352 e. The fourth-order valence-corrected chi connectivity index (χ4v) is 6.52. The number of benzene rings is 1. The van der Waals surface area contributed by atoms with Gasteiger partial charge in [-0.05, 0) is 49.9 Å². The third kappa shape index (κ3) is 4.65. The molecule has 10 heteroatoms. The molecule has 1 amide bonds. The van der Waals surface area contributed by atoms with Gasteiger partial charge in [-0.1, -0.05) is 19.3 Å². The Morgan fingerprint density at radius 2 is 1.52 bits per heavy atom. The molecule has 1 atom stereocenters. The number of carbonyl (C=O) groups is 1. The van der Waals surface area contributed by atoms with Crippen LogP contribution in [0.15, 0.2) is 34.1 Å². The van der Waals surface area contributed by atoms with Crippen LogP contribution < -0.4 is 5.32 Å². The van der Waals surface area contributed by atoms with E-state index in [0.717, 1.165) is 30.0 Å². The van der Waals surface area contributed by atoms with Gasteiger partial charge in [0, 0.05) is 26.7 Å². The number of rotatable bonds is 6. The van der Waals surface area contributed by atoms with E-state index in [9.17, 15) is 21.6 Å². The van der Waals surface area contributed by atoms with Crippen LogP contribution in [0.5, 0.6) is 0 Å². The Morgan fingerprint density at radius 3 is 2.10 bits per heavy atom. The molecule has 2 aliphatic rings. The lowest BCUT2D eigenvalue weighted by Gasteiger charge is -2.28. The van der Waals surface area contributed by atoms with Crippen molar-refractivity contribution in [1.82, 2.24) is 13.9 Å². The molecule has 1 heterocycles. The fourth-order valence-electron chi connectivity index (χ4n) is 3.96. The van der Waals surface area contributed by atoms with Crippen LogP contribution >= 0.6 is 0 Å². The summed E-state index contributed by atoms with van der Waals surface area (Å²) in [5.74, 6) is -0.232. The van der Waals surface area contributed by atoms with Crippen LogP contribution in [0.3, 0.4) is 0 Å². The predicted molar refractivity (Wildman–Crippen MR) is 109 cm³/mol. The number of nitrogens with zero attached hydrogens (tertiary/aromatic N) is 2. The van der Waals surface area contributed by atoms with Gasteiger partial charge < -0.3 is 5.32 Å². The molecule has 0 radical (unpaired) electrons. The summed E-state index contributed by atoms with van der Waals surface area (Å²) in [6, 6.07) is 4.56. The highest BCUT2D eigenvalue weighted by atomic mass is 32.2. The predicted octanol–water partition coefficient (Wildman–Crippen LogP) is 1.54. The highest BCUT2D eigenvalue weighted by molar-refractivity contribution is 7.89. The molecule has 0 bridgehead atoms. The first-order chi connectivity index (χ1) is 13.6. The van der Waals surface area contributed by atoms with Crippen molar-refractivity contribution in [3.63, 3.8) is 0 Å². The van der Waals surface area contributed by atoms with Crippen molar-refractivity contribution in [2.45, 2.75) is 66.8 Å². The minimum absolute atomic E-state index is 0.00688. The first-order valence-corrected chi connectivity index (χ1v) is 12.9. The number of hydrogen-bond acceptors (Lipinski definition) is 5. The van der Waals surface area contributed by atoms with Crippen molar-refractivity contribution in [1.29, 1.82) is 0 Å². The summed E-state index contributed by atoms with van der Waals surface area (Å²) in [5, 5.41) is 3.03. The molecule has 2 fully saturated rings. The second-order valence-corrected chi connectivity index (χ2v) is 11.9. The summed E-state index contributed by atoms with van der Waals surface area (Å²) in [7, 11) is -4.70. The van der Waals surface area contributed by atoms with E-state index in [0.29, 0.717) is 12.8 Å². The minimum Gasteiger partial charge on any atom is -0.352 e. The minimum atomic E-state index is -3.89. The van der Waals surface area contributed by atoms with Crippen LogP contribution in [0.1, 0.15) is 44.9 Å². The Balaban J connectivity index is 1.78. The molecule has 29 heavy (non-hydrogen) atoms.